The van der Waals surface area contributed by atoms with Gasteiger partial charge in [0.1, 0.15) is 0 Å². The first-order chi connectivity index (χ1) is 6.90. The highest BCUT2D eigenvalue weighted by Gasteiger charge is 2.21. The standard InChI is InChI=1S/C12H25NO2/c1-6-8-9-13(10-12(3,4)5)11(14)15-7-2/h6-10H2,1-5H3. The van der Waals surface area contributed by atoms with Gasteiger partial charge in [-0.25, -0.2) is 4.79 Å². The van der Waals surface area contributed by atoms with Gasteiger partial charge < -0.3 is 9.64 Å². The SMILES string of the molecule is CCCCN(CC(C)(C)C)C(=O)OCC. The van der Waals surface area contributed by atoms with Crippen LogP contribution in [0.1, 0.15) is 47.5 Å². The Bertz CT molecular complexity index is 185. The molecule has 0 spiro atoms. The maximum atomic E-state index is 11.6. The minimum Gasteiger partial charge on any atom is -0.450 e. The summed E-state index contributed by atoms with van der Waals surface area (Å²) in [6, 6.07) is 0. The molecular formula is C12H25NO2. The molecular weight excluding hydrogens is 190 g/mol. The van der Waals surface area contributed by atoms with Gasteiger partial charge in [0.2, 0.25) is 0 Å². The molecule has 0 unspecified atom stereocenters. The van der Waals surface area contributed by atoms with E-state index in [0.29, 0.717) is 6.61 Å². The van der Waals surface area contributed by atoms with Crippen molar-refractivity contribution >= 4 is 6.09 Å². The first-order valence-corrected chi connectivity index (χ1v) is 5.82. The monoisotopic (exact) mass is 215 g/mol. The first kappa shape index (κ1) is 14.3. The molecule has 0 aliphatic carbocycles. The smallest absolute Gasteiger partial charge is 0.409 e. The molecule has 0 aromatic rings. The number of hydrogen-bond donors (Lipinski definition) is 0. The molecule has 90 valence electrons. The zero-order valence-electron chi connectivity index (χ0n) is 10.8. The van der Waals surface area contributed by atoms with E-state index in [9.17, 15) is 4.79 Å². The van der Waals surface area contributed by atoms with Crippen LogP contribution in [0.25, 0.3) is 0 Å². The average Bonchev–Trinajstić information content (AvgIpc) is 2.10. The van der Waals surface area contributed by atoms with E-state index in [4.69, 9.17) is 4.74 Å². The normalized spacial score (nSPS) is 11.3. The molecule has 0 bridgehead atoms. The lowest BCUT2D eigenvalue weighted by atomic mass is 9.96. The molecule has 1 amide bonds. The van der Waals surface area contributed by atoms with Crippen LogP contribution in [0.3, 0.4) is 0 Å². The fourth-order valence-electron chi connectivity index (χ4n) is 1.37. The minimum absolute atomic E-state index is 0.125. The van der Waals surface area contributed by atoms with Gasteiger partial charge in [-0.15, -0.1) is 0 Å². The number of carbonyl (C=O) groups excluding carboxylic acids is 1. The Kier molecular flexibility index (Phi) is 6.37. The topological polar surface area (TPSA) is 29.5 Å². The Labute approximate surface area is 93.8 Å². The molecule has 0 saturated heterocycles. The summed E-state index contributed by atoms with van der Waals surface area (Å²) in [6.07, 6.45) is 1.95. The summed E-state index contributed by atoms with van der Waals surface area (Å²) in [5.41, 5.74) is 0.125. The maximum Gasteiger partial charge on any atom is 0.409 e. The van der Waals surface area contributed by atoms with Crippen molar-refractivity contribution in [2.45, 2.75) is 47.5 Å². The van der Waals surface area contributed by atoms with Crippen molar-refractivity contribution in [3.05, 3.63) is 0 Å². The fraction of sp³-hybridized carbons (Fsp3) is 0.917. The van der Waals surface area contributed by atoms with E-state index in [0.717, 1.165) is 25.9 Å². The van der Waals surface area contributed by atoms with Crippen LogP contribution in [0, 0.1) is 5.41 Å². The third-order valence-electron chi connectivity index (χ3n) is 1.97. The van der Waals surface area contributed by atoms with Gasteiger partial charge in [0, 0.05) is 13.1 Å². The van der Waals surface area contributed by atoms with Crippen molar-refractivity contribution in [1.82, 2.24) is 4.90 Å². The van der Waals surface area contributed by atoms with Gasteiger partial charge in [-0.1, -0.05) is 34.1 Å². The fourth-order valence-corrected chi connectivity index (χ4v) is 1.37. The van der Waals surface area contributed by atoms with Crippen LogP contribution >= 0.6 is 0 Å². The molecule has 0 aliphatic rings. The second kappa shape index (κ2) is 6.70. The van der Waals surface area contributed by atoms with E-state index in [-0.39, 0.29) is 11.5 Å². The van der Waals surface area contributed by atoms with Gasteiger partial charge in [0.15, 0.2) is 0 Å². The average molecular weight is 215 g/mol. The number of unbranched alkanes of at least 4 members (excludes halogenated alkanes) is 1. The third-order valence-corrected chi connectivity index (χ3v) is 1.97. The highest BCUT2D eigenvalue weighted by Crippen LogP contribution is 2.16. The van der Waals surface area contributed by atoms with Crippen molar-refractivity contribution in [3.8, 4) is 0 Å². The zero-order chi connectivity index (χ0) is 11.9. The van der Waals surface area contributed by atoms with E-state index in [1.54, 1.807) is 0 Å². The molecule has 3 heteroatoms. The lowest BCUT2D eigenvalue weighted by Crippen LogP contribution is -2.38. The van der Waals surface area contributed by atoms with Crippen LogP contribution in [-0.2, 0) is 4.74 Å². The molecule has 0 saturated carbocycles. The highest BCUT2D eigenvalue weighted by molar-refractivity contribution is 5.67. The summed E-state index contributed by atoms with van der Waals surface area (Å²) in [5, 5.41) is 0. The van der Waals surface area contributed by atoms with Crippen LogP contribution < -0.4 is 0 Å². The summed E-state index contributed by atoms with van der Waals surface area (Å²) in [4.78, 5) is 13.4. The second-order valence-corrected chi connectivity index (χ2v) is 5.03. The predicted octanol–water partition coefficient (Wildman–Crippen LogP) is 3.29. The lowest BCUT2D eigenvalue weighted by Gasteiger charge is -2.29. The zero-order valence-corrected chi connectivity index (χ0v) is 10.8. The molecule has 0 atom stereocenters. The van der Waals surface area contributed by atoms with Gasteiger partial charge in [0.25, 0.3) is 0 Å². The molecule has 0 radical (unpaired) electrons. The maximum absolute atomic E-state index is 11.6. The highest BCUT2D eigenvalue weighted by atomic mass is 16.6. The molecule has 0 rings (SSSR count). The number of amides is 1. The molecule has 15 heavy (non-hydrogen) atoms. The number of hydrogen-bond acceptors (Lipinski definition) is 2. The minimum atomic E-state index is -0.180. The Balaban J connectivity index is 4.23. The molecule has 0 heterocycles. The molecule has 0 fully saturated rings. The first-order valence-electron chi connectivity index (χ1n) is 5.82. The van der Waals surface area contributed by atoms with E-state index in [1.807, 2.05) is 11.8 Å². The Morgan fingerprint density at radius 1 is 1.27 bits per heavy atom. The summed E-state index contributed by atoms with van der Waals surface area (Å²) < 4.78 is 5.03. The summed E-state index contributed by atoms with van der Waals surface area (Å²) >= 11 is 0. The lowest BCUT2D eigenvalue weighted by molar-refractivity contribution is 0.0925. The summed E-state index contributed by atoms with van der Waals surface area (Å²) in [5.74, 6) is 0. The number of carbonyl (C=O) groups is 1. The van der Waals surface area contributed by atoms with Gasteiger partial charge in [-0.2, -0.15) is 0 Å². The summed E-state index contributed by atoms with van der Waals surface area (Å²) in [6.45, 7) is 12.4. The van der Waals surface area contributed by atoms with Crippen LogP contribution in [0.4, 0.5) is 4.79 Å². The number of nitrogens with zero attached hydrogens (tertiary/aromatic N) is 1. The van der Waals surface area contributed by atoms with Gasteiger partial charge in [0.05, 0.1) is 6.61 Å². The third kappa shape index (κ3) is 7.23. The number of ether oxygens (including phenoxy) is 1. The van der Waals surface area contributed by atoms with Crippen LogP contribution in [0.2, 0.25) is 0 Å². The van der Waals surface area contributed by atoms with Crippen molar-refractivity contribution < 1.29 is 9.53 Å². The van der Waals surface area contributed by atoms with Crippen LogP contribution in [0.15, 0.2) is 0 Å². The van der Waals surface area contributed by atoms with E-state index >= 15 is 0 Å². The number of rotatable bonds is 5. The van der Waals surface area contributed by atoms with E-state index in [2.05, 4.69) is 27.7 Å². The Morgan fingerprint density at radius 2 is 1.87 bits per heavy atom. The largest absolute Gasteiger partial charge is 0.450 e. The van der Waals surface area contributed by atoms with E-state index in [1.165, 1.54) is 0 Å². The van der Waals surface area contributed by atoms with E-state index < -0.39 is 0 Å². The van der Waals surface area contributed by atoms with Gasteiger partial charge in [-0.05, 0) is 18.8 Å². The van der Waals surface area contributed by atoms with Crippen LogP contribution in [0.5, 0.6) is 0 Å². The van der Waals surface area contributed by atoms with Crippen molar-refractivity contribution in [2.24, 2.45) is 5.41 Å². The molecule has 0 N–H and O–H groups in total. The quantitative estimate of drug-likeness (QED) is 0.704. The van der Waals surface area contributed by atoms with Crippen molar-refractivity contribution in [1.29, 1.82) is 0 Å². The predicted molar refractivity (Wildman–Crippen MR) is 63.0 cm³/mol. The van der Waals surface area contributed by atoms with Crippen LogP contribution in [-0.4, -0.2) is 30.7 Å². The Morgan fingerprint density at radius 3 is 2.27 bits per heavy atom. The molecule has 0 aliphatic heterocycles. The molecule has 3 nitrogen and oxygen atoms in total. The Hall–Kier alpha value is -0.730. The summed E-state index contributed by atoms with van der Waals surface area (Å²) in [7, 11) is 0. The van der Waals surface area contributed by atoms with Crippen molar-refractivity contribution in [2.75, 3.05) is 19.7 Å². The van der Waals surface area contributed by atoms with Gasteiger partial charge >= 0.3 is 6.09 Å². The molecule has 0 aromatic carbocycles. The second-order valence-electron chi connectivity index (χ2n) is 5.03. The molecule has 0 aromatic heterocycles. The van der Waals surface area contributed by atoms with Gasteiger partial charge in [-0.3, -0.25) is 0 Å². The van der Waals surface area contributed by atoms with Crippen molar-refractivity contribution in [3.63, 3.8) is 0 Å².